The van der Waals surface area contributed by atoms with Crippen molar-refractivity contribution >= 4 is 22.3 Å². The molecule has 0 aliphatic heterocycles. The van der Waals surface area contributed by atoms with Gasteiger partial charge >= 0.3 is 0 Å². The van der Waals surface area contributed by atoms with E-state index in [-0.39, 0.29) is 22.1 Å². The zero-order valence-corrected chi connectivity index (χ0v) is 12.8. The van der Waals surface area contributed by atoms with Gasteiger partial charge in [-0.1, -0.05) is 30.3 Å². The van der Waals surface area contributed by atoms with E-state index < -0.39 is 23.1 Å². The topological polar surface area (TPSA) is 76.4 Å². The summed E-state index contributed by atoms with van der Waals surface area (Å²) in [5.41, 5.74) is 0.341. The highest BCUT2D eigenvalue weighted by atomic mass is 16.3. The van der Waals surface area contributed by atoms with Gasteiger partial charge in [-0.2, -0.15) is 0 Å². The van der Waals surface area contributed by atoms with E-state index in [1.165, 1.54) is 6.92 Å². The Labute approximate surface area is 136 Å². The number of para-hydroxylation sites is 1. The van der Waals surface area contributed by atoms with E-state index in [1.54, 1.807) is 48.5 Å². The first-order valence-electron chi connectivity index (χ1n) is 7.57. The van der Waals surface area contributed by atoms with Crippen molar-refractivity contribution in [2.45, 2.75) is 6.92 Å². The van der Waals surface area contributed by atoms with Crippen LogP contribution in [0.3, 0.4) is 0 Å². The van der Waals surface area contributed by atoms with Gasteiger partial charge in [-0.15, -0.1) is 0 Å². The monoisotopic (exact) mass is 319 g/mol. The van der Waals surface area contributed by atoms with Gasteiger partial charge in [0, 0.05) is 16.3 Å². The molecule has 0 spiro atoms. The summed E-state index contributed by atoms with van der Waals surface area (Å²) in [4.78, 5) is 37.9. The summed E-state index contributed by atoms with van der Waals surface area (Å²) in [5, 5.41) is 11.2. The third-order valence-corrected chi connectivity index (χ3v) is 4.50. The van der Waals surface area contributed by atoms with Crippen LogP contribution in [-0.2, 0) is 0 Å². The molecular formula is C19H13NO4. The number of carbonyl (C=O) groups excluding carboxylic acids is 2. The predicted molar refractivity (Wildman–Crippen MR) is 89.0 cm³/mol. The van der Waals surface area contributed by atoms with Crippen molar-refractivity contribution in [2.24, 2.45) is 5.92 Å². The Kier molecular flexibility index (Phi) is 2.93. The Morgan fingerprint density at radius 3 is 2.33 bits per heavy atom. The molecule has 1 aliphatic rings. The first kappa shape index (κ1) is 14.4. The lowest BCUT2D eigenvalue weighted by atomic mass is 9.81. The molecule has 4 rings (SSSR count). The number of ketones is 2. The summed E-state index contributed by atoms with van der Waals surface area (Å²) in [6, 6.07) is 13.4. The minimum Gasteiger partial charge on any atom is -0.494 e. The minimum absolute atomic E-state index is 0.0381. The lowest BCUT2D eigenvalue weighted by Gasteiger charge is -2.22. The molecule has 24 heavy (non-hydrogen) atoms. The maximum atomic E-state index is 12.9. The molecule has 0 saturated carbocycles. The summed E-state index contributed by atoms with van der Waals surface area (Å²) in [6.45, 7) is 1.52. The Bertz CT molecular complexity index is 1080. The van der Waals surface area contributed by atoms with Gasteiger partial charge in [0.15, 0.2) is 11.6 Å². The SMILES string of the molecule is CC1C(=O)c2cccc3c(=O)n(-c4ccccc4)c(O)c(c23)C1=O. The number of benzene rings is 2. The summed E-state index contributed by atoms with van der Waals surface area (Å²) in [5.74, 6) is -2.09. The van der Waals surface area contributed by atoms with Gasteiger partial charge in [0.25, 0.3) is 5.56 Å². The maximum Gasteiger partial charge on any atom is 0.265 e. The van der Waals surface area contributed by atoms with Crippen LogP contribution in [0.15, 0.2) is 53.3 Å². The van der Waals surface area contributed by atoms with Crippen molar-refractivity contribution in [1.29, 1.82) is 0 Å². The normalized spacial score (nSPS) is 16.6. The molecule has 5 heteroatoms. The molecule has 118 valence electrons. The number of nitrogens with zero attached hydrogens (tertiary/aromatic N) is 1. The lowest BCUT2D eigenvalue weighted by molar-refractivity contribution is 0.0814. The standard InChI is InChI=1S/C19H13NO4/c1-10-16(21)12-8-5-9-13-14(12)15(17(10)22)19(24)20(18(13)23)11-6-3-2-4-7-11/h2-10,24H,1H3. The number of hydrogen-bond acceptors (Lipinski definition) is 4. The summed E-state index contributed by atoms with van der Waals surface area (Å²) >= 11 is 0. The highest BCUT2D eigenvalue weighted by molar-refractivity contribution is 6.29. The van der Waals surface area contributed by atoms with Gasteiger partial charge in [-0.25, -0.2) is 4.57 Å². The summed E-state index contributed by atoms with van der Waals surface area (Å²) in [7, 11) is 0. The highest BCUT2D eigenvalue weighted by Gasteiger charge is 2.36. The molecule has 3 aromatic rings. The van der Waals surface area contributed by atoms with E-state index in [0.717, 1.165) is 4.57 Å². The van der Waals surface area contributed by atoms with Crippen molar-refractivity contribution in [3.8, 4) is 11.6 Å². The van der Waals surface area contributed by atoms with Crippen LogP contribution in [0.2, 0.25) is 0 Å². The second-order valence-corrected chi connectivity index (χ2v) is 5.85. The zero-order valence-electron chi connectivity index (χ0n) is 12.8. The van der Waals surface area contributed by atoms with Gasteiger partial charge < -0.3 is 5.11 Å². The smallest absolute Gasteiger partial charge is 0.265 e. The number of carbonyl (C=O) groups is 2. The van der Waals surface area contributed by atoms with E-state index in [1.807, 2.05) is 0 Å². The molecule has 0 amide bonds. The van der Waals surface area contributed by atoms with Crippen LogP contribution in [0.1, 0.15) is 27.6 Å². The van der Waals surface area contributed by atoms with Crippen molar-refractivity contribution in [3.05, 3.63) is 70.0 Å². The molecule has 1 unspecified atom stereocenters. The van der Waals surface area contributed by atoms with E-state index >= 15 is 0 Å². The van der Waals surface area contributed by atoms with Gasteiger partial charge in [-0.3, -0.25) is 14.4 Å². The highest BCUT2D eigenvalue weighted by Crippen LogP contribution is 2.36. The fourth-order valence-corrected chi connectivity index (χ4v) is 3.26. The number of hydrogen-bond donors (Lipinski definition) is 1. The van der Waals surface area contributed by atoms with Crippen LogP contribution in [-0.4, -0.2) is 21.2 Å². The molecule has 0 fully saturated rings. The van der Waals surface area contributed by atoms with Gasteiger partial charge in [-0.05, 0) is 25.1 Å². The predicted octanol–water partition coefficient (Wildman–Crippen LogP) is 2.71. The fourth-order valence-electron chi connectivity index (χ4n) is 3.26. The van der Waals surface area contributed by atoms with Crippen LogP contribution in [0.25, 0.3) is 16.5 Å². The third-order valence-electron chi connectivity index (χ3n) is 4.50. The van der Waals surface area contributed by atoms with Gasteiger partial charge in [0.2, 0.25) is 5.88 Å². The maximum absolute atomic E-state index is 12.9. The minimum atomic E-state index is -0.879. The van der Waals surface area contributed by atoms with E-state index in [4.69, 9.17) is 0 Å². The van der Waals surface area contributed by atoms with Crippen LogP contribution < -0.4 is 5.56 Å². The molecule has 1 atom stereocenters. The average Bonchev–Trinajstić information content (AvgIpc) is 2.60. The Hall–Kier alpha value is -3.21. The lowest BCUT2D eigenvalue weighted by Crippen LogP contribution is -2.31. The third kappa shape index (κ3) is 1.72. The van der Waals surface area contributed by atoms with Gasteiger partial charge in [0.05, 0.1) is 17.2 Å². The second kappa shape index (κ2) is 4.89. The van der Waals surface area contributed by atoms with Crippen LogP contribution in [0.4, 0.5) is 0 Å². The Morgan fingerprint density at radius 2 is 1.62 bits per heavy atom. The molecule has 1 aliphatic carbocycles. The summed E-state index contributed by atoms with van der Waals surface area (Å²) in [6.07, 6.45) is 0. The molecule has 1 heterocycles. The molecule has 1 N–H and O–H groups in total. The summed E-state index contributed by atoms with van der Waals surface area (Å²) < 4.78 is 1.11. The molecule has 0 bridgehead atoms. The largest absolute Gasteiger partial charge is 0.494 e. The van der Waals surface area contributed by atoms with E-state index in [2.05, 4.69) is 0 Å². The molecule has 2 aromatic carbocycles. The molecular weight excluding hydrogens is 306 g/mol. The van der Waals surface area contributed by atoms with Crippen molar-refractivity contribution in [2.75, 3.05) is 0 Å². The molecule has 1 aromatic heterocycles. The number of rotatable bonds is 1. The second-order valence-electron chi connectivity index (χ2n) is 5.85. The fraction of sp³-hybridized carbons (Fsp3) is 0.105. The van der Waals surface area contributed by atoms with E-state index in [0.29, 0.717) is 11.3 Å². The quantitative estimate of drug-likeness (QED) is 0.700. The molecule has 0 saturated heterocycles. The molecule has 5 nitrogen and oxygen atoms in total. The van der Waals surface area contributed by atoms with Crippen molar-refractivity contribution in [3.63, 3.8) is 0 Å². The Morgan fingerprint density at radius 1 is 0.917 bits per heavy atom. The van der Waals surface area contributed by atoms with Crippen LogP contribution in [0, 0.1) is 5.92 Å². The van der Waals surface area contributed by atoms with Crippen molar-refractivity contribution in [1.82, 2.24) is 4.57 Å². The first-order valence-corrected chi connectivity index (χ1v) is 7.57. The number of Topliss-reactive ketones (excluding diaryl/α,β-unsaturated/α-hetero) is 2. The van der Waals surface area contributed by atoms with Crippen molar-refractivity contribution < 1.29 is 14.7 Å². The van der Waals surface area contributed by atoms with Crippen LogP contribution in [0.5, 0.6) is 5.88 Å². The Balaban J connectivity index is 2.24. The van der Waals surface area contributed by atoms with E-state index in [9.17, 15) is 19.5 Å². The molecule has 0 radical (unpaired) electrons. The number of aromatic hydroxyl groups is 1. The zero-order chi connectivity index (χ0) is 17.0. The number of pyridine rings is 1. The van der Waals surface area contributed by atoms with Crippen LogP contribution >= 0.6 is 0 Å². The van der Waals surface area contributed by atoms with Gasteiger partial charge in [0.1, 0.15) is 0 Å². The number of aromatic nitrogens is 1. The first-order chi connectivity index (χ1) is 11.5. The average molecular weight is 319 g/mol.